The Bertz CT molecular complexity index is 2170. The van der Waals surface area contributed by atoms with Crippen molar-refractivity contribution >= 4 is 51.1 Å². The van der Waals surface area contributed by atoms with E-state index in [-0.39, 0.29) is 35.7 Å². The van der Waals surface area contributed by atoms with E-state index in [1.807, 2.05) is 29.3 Å². The molecule has 0 saturated carbocycles. The molecule has 3 fully saturated rings. The summed E-state index contributed by atoms with van der Waals surface area (Å²) in [6.45, 7) is 3.88. The lowest BCUT2D eigenvalue weighted by Gasteiger charge is -2.35. The molecule has 0 bridgehead atoms. The van der Waals surface area contributed by atoms with E-state index >= 15 is 0 Å². The molecule has 10 nitrogen and oxygen atoms in total. The summed E-state index contributed by atoms with van der Waals surface area (Å²) in [5, 5.41) is 7.18. The number of rotatable bonds is 11. The van der Waals surface area contributed by atoms with Crippen LogP contribution in [0.5, 0.6) is 0 Å². The van der Waals surface area contributed by atoms with Gasteiger partial charge < -0.3 is 19.5 Å². The molecule has 58 heavy (non-hydrogen) atoms. The van der Waals surface area contributed by atoms with Gasteiger partial charge in [-0.05, 0) is 116 Å². The number of anilines is 2. The number of piperidine rings is 2. The van der Waals surface area contributed by atoms with E-state index in [4.69, 9.17) is 16.3 Å². The molecule has 2 amide bonds. The van der Waals surface area contributed by atoms with Crippen molar-refractivity contribution in [2.75, 3.05) is 50.1 Å². The summed E-state index contributed by atoms with van der Waals surface area (Å²) in [6, 6.07) is 5.28. The molecule has 5 heterocycles. The predicted octanol–water partition coefficient (Wildman–Crippen LogP) is 8.17. The zero-order chi connectivity index (χ0) is 41.0. The summed E-state index contributed by atoms with van der Waals surface area (Å²) in [5.74, 6) is 1.04. The highest BCUT2D eigenvalue weighted by atomic mass is 35.5. The number of imide groups is 1. The summed E-state index contributed by atoms with van der Waals surface area (Å²) >= 11 is 7.06. The Morgan fingerprint density at radius 1 is 0.966 bits per heavy atom. The number of allylic oxidation sites excluding steroid dienone is 5. The van der Waals surface area contributed by atoms with Crippen LogP contribution in [-0.4, -0.2) is 72.1 Å². The number of benzene rings is 1. The molecule has 310 valence electrons. The minimum Gasteiger partial charge on any atom is -0.501 e. The molecular weight excluding hydrogens is 769 g/mol. The summed E-state index contributed by atoms with van der Waals surface area (Å²) in [6.07, 6.45) is 14.0. The third kappa shape index (κ3) is 9.80. The number of likely N-dealkylation sites (tertiary alicyclic amines) is 1. The summed E-state index contributed by atoms with van der Waals surface area (Å²) in [5.41, 5.74) is 2.44. The van der Waals surface area contributed by atoms with E-state index in [1.54, 1.807) is 37.2 Å². The second-order valence-corrected chi connectivity index (χ2v) is 16.6. The van der Waals surface area contributed by atoms with Crippen LogP contribution >= 0.6 is 11.6 Å². The fourth-order valence-electron chi connectivity index (χ4n) is 9.02. The highest BCUT2D eigenvalue weighted by Gasteiger charge is 2.37. The number of aromatic nitrogens is 2. The van der Waals surface area contributed by atoms with Gasteiger partial charge in [0.15, 0.2) is 0 Å². The standard InChI is InChI=1S/C44H52ClF3N6O4/c1-52-27-36(34-12-16-49-25-35(34)43(52)57)30-21-33(58-2)22-31(38(45)23-30)26-53-17-4-7-28(13-18-53)5-3-6-29-14-19-54(20-15-29)40-10-8-32(24-37(40)44(46,47)48)50-39-9-11-41(55)51-42(39)56/h8,10,12,16,21,23-25,27-29,39,50H,3-7,9,11,13-15,17-20,22,26H2,1-2H3,(H,51,55,56). The van der Waals surface area contributed by atoms with Crippen LogP contribution in [0.25, 0.3) is 16.3 Å². The highest BCUT2D eigenvalue weighted by Crippen LogP contribution is 2.41. The second-order valence-electron chi connectivity index (χ2n) is 16.2. The lowest BCUT2D eigenvalue weighted by molar-refractivity contribution is -0.137. The van der Waals surface area contributed by atoms with E-state index in [0.717, 1.165) is 98.5 Å². The van der Waals surface area contributed by atoms with Crippen molar-refractivity contribution in [1.29, 1.82) is 0 Å². The maximum absolute atomic E-state index is 14.3. The number of methoxy groups -OCH3 is 1. The van der Waals surface area contributed by atoms with Crippen LogP contribution < -0.4 is 21.1 Å². The van der Waals surface area contributed by atoms with Crippen molar-refractivity contribution in [3.8, 4) is 0 Å². The normalized spacial score (nSPS) is 21.7. The zero-order valence-electron chi connectivity index (χ0n) is 33.2. The molecule has 4 aliphatic rings. The van der Waals surface area contributed by atoms with Crippen LogP contribution in [0.3, 0.4) is 0 Å². The number of amides is 2. The summed E-state index contributed by atoms with van der Waals surface area (Å²) in [7, 11) is 3.42. The van der Waals surface area contributed by atoms with Crippen LogP contribution in [-0.2, 0) is 27.5 Å². The number of halogens is 4. The number of alkyl halides is 3. The van der Waals surface area contributed by atoms with Gasteiger partial charge in [-0.1, -0.05) is 30.9 Å². The van der Waals surface area contributed by atoms with Crippen LogP contribution in [0.15, 0.2) is 76.2 Å². The van der Waals surface area contributed by atoms with Crippen LogP contribution in [0.1, 0.15) is 81.8 Å². The Hall–Kier alpha value is -4.62. The molecule has 2 N–H and O–H groups in total. The number of hydrogen-bond acceptors (Lipinski definition) is 8. The maximum atomic E-state index is 14.3. The van der Waals surface area contributed by atoms with Gasteiger partial charge in [-0.15, -0.1) is 0 Å². The smallest absolute Gasteiger partial charge is 0.418 e. The van der Waals surface area contributed by atoms with Crippen molar-refractivity contribution in [2.45, 2.75) is 82.8 Å². The maximum Gasteiger partial charge on any atom is 0.418 e. The molecule has 0 radical (unpaired) electrons. The first-order chi connectivity index (χ1) is 27.9. The quantitative estimate of drug-likeness (QED) is 0.187. The average Bonchev–Trinajstić information content (AvgIpc) is 3.52. The minimum absolute atomic E-state index is 0.103. The van der Waals surface area contributed by atoms with E-state index in [0.29, 0.717) is 41.8 Å². The van der Waals surface area contributed by atoms with Crippen molar-refractivity contribution < 1.29 is 27.5 Å². The van der Waals surface area contributed by atoms with E-state index in [2.05, 4.69) is 20.5 Å². The molecule has 3 saturated heterocycles. The number of ether oxygens (including phenoxy) is 1. The van der Waals surface area contributed by atoms with Gasteiger partial charge in [0.05, 0.1) is 18.1 Å². The van der Waals surface area contributed by atoms with Gasteiger partial charge in [0, 0.05) is 80.1 Å². The lowest BCUT2D eigenvalue weighted by Crippen LogP contribution is -2.47. The Morgan fingerprint density at radius 2 is 1.72 bits per heavy atom. The molecule has 0 spiro atoms. The molecule has 2 aromatic heterocycles. The summed E-state index contributed by atoms with van der Waals surface area (Å²) in [4.78, 5) is 45.0. The number of aryl methyl sites for hydroxylation is 1. The largest absolute Gasteiger partial charge is 0.501 e. The average molecular weight is 821 g/mol. The van der Waals surface area contributed by atoms with Crippen molar-refractivity contribution in [3.63, 3.8) is 0 Å². The second kappa shape index (κ2) is 18.1. The first-order valence-electron chi connectivity index (χ1n) is 20.4. The number of nitrogens with one attached hydrogen (secondary N) is 2. The number of nitrogens with zero attached hydrogens (tertiary/aromatic N) is 4. The molecule has 1 aromatic carbocycles. The van der Waals surface area contributed by atoms with E-state index in [1.165, 1.54) is 12.5 Å². The van der Waals surface area contributed by atoms with Gasteiger partial charge in [0.2, 0.25) is 11.8 Å². The SMILES string of the molecule is COC1=CC(c2cn(C)c(=O)c3cnccc23)=CC(Cl)=C(CN2CCCC(CCCC3CCN(c4ccc(NC5CCC(=O)NC5=O)cc4C(F)(F)F)CC3)CC2)C1. The molecule has 3 aliphatic heterocycles. The predicted molar refractivity (Wildman–Crippen MR) is 221 cm³/mol. The van der Waals surface area contributed by atoms with Gasteiger partial charge in [0.25, 0.3) is 5.56 Å². The van der Waals surface area contributed by atoms with Gasteiger partial charge in [-0.25, -0.2) is 0 Å². The molecule has 3 aromatic rings. The Kier molecular flexibility index (Phi) is 13.0. The topological polar surface area (TPSA) is 109 Å². The highest BCUT2D eigenvalue weighted by molar-refractivity contribution is 6.32. The third-order valence-electron chi connectivity index (χ3n) is 12.3. The molecule has 2 atom stereocenters. The van der Waals surface area contributed by atoms with E-state index < -0.39 is 23.7 Å². The van der Waals surface area contributed by atoms with Crippen LogP contribution in [0, 0.1) is 11.8 Å². The molecule has 14 heteroatoms. The first-order valence-corrected chi connectivity index (χ1v) is 20.8. The number of carbonyl (C=O) groups is 2. The third-order valence-corrected chi connectivity index (χ3v) is 12.7. The molecule has 2 unspecified atom stereocenters. The lowest BCUT2D eigenvalue weighted by atomic mass is 9.87. The van der Waals surface area contributed by atoms with Crippen molar-refractivity contribution in [1.82, 2.24) is 19.8 Å². The molecular formula is C44H52ClF3N6O4. The van der Waals surface area contributed by atoms with E-state index in [9.17, 15) is 27.6 Å². The molecule has 7 rings (SSSR count). The van der Waals surface area contributed by atoms with Gasteiger partial charge in [-0.3, -0.25) is 29.6 Å². The van der Waals surface area contributed by atoms with Crippen molar-refractivity contribution in [3.05, 3.63) is 92.9 Å². The fraction of sp³-hybridized carbons (Fsp3) is 0.500. The zero-order valence-corrected chi connectivity index (χ0v) is 33.9. The van der Waals surface area contributed by atoms with Gasteiger partial charge >= 0.3 is 6.18 Å². The minimum atomic E-state index is -4.55. The Balaban J connectivity index is 0.901. The first kappa shape index (κ1) is 41.5. The van der Waals surface area contributed by atoms with Crippen LogP contribution in [0.2, 0.25) is 0 Å². The Morgan fingerprint density at radius 3 is 2.47 bits per heavy atom. The molecule has 1 aliphatic carbocycles. The number of carbonyl (C=O) groups excluding carboxylic acids is 2. The number of fused-ring (bicyclic) bond motifs is 1. The fourth-order valence-corrected chi connectivity index (χ4v) is 9.26. The van der Waals surface area contributed by atoms with Gasteiger partial charge in [0.1, 0.15) is 11.8 Å². The number of pyridine rings is 2. The van der Waals surface area contributed by atoms with Crippen molar-refractivity contribution in [2.24, 2.45) is 18.9 Å². The van der Waals surface area contributed by atoms with Crippen LogP contribution in [0.4, 0.5) is 24.5 Å². The Labute approximate surface area is 342 Å². The number of hydrogen-bond donors (Lipinski definition) is 2. The summed E-state index contributed by atoms with van der Waals surface area (Å²) < 4.78 is 50.2. The monoisotopic (exact) mass is 820 g/mol. The van der Waals surface area contributed by atoms with Gasteiger partial charge in [-0.2, -0.15) is 13.2 Å².